The van der Waals surface area contributed by atoms with Gasteiger partial charge in [0.1, 0.15) is 11.9 Å². The van der Waals surface area contributed by atoms with E-state index in [1.165, 1.54) is 12.1 Å². The monoisotopic (exact) mass is 343 g/mol. The lowest BCUT2D eigenvalue weighted by molar-refractivity contribution is 0.597. The minimum atomic E-state index is -3.66. The molecular weight excluding hydrogens is 326 g/mol. The number of benzene rings is 1. The number of hydrogen-bond donors (Lipinski definition) is 1. The first-order valence-electron chi connectivity index (χ1n) is 7.46. The first-order valence-corrected chi connectivity index (χ1v) is 9.01. The van der Waals surface area contributed by atoms with Crippen LogP contribution in [-0.4, -0.2) is 39.6 Å². The van der Waals surface area contributed by atoms with Gasteiger partial charge < -0.3 is 9.80 Å². The van der Waals surface area contributed by atoms with Gasteiger partial charge in [-0.1, -0.05) is 0 Å². The Morgan fingerprint density at radius 3 is 2.12 bits per heavy atom. The second-order valence-corrected chi connectivity index (χ2v) is 7.09. The number of nitrogens with two attached hydrogens (primary N) is 1. The Morgan fingerprint density at radius 2 is 1.62 bits per heavy atom. The molecule has 0 saturated carbocycles. The highest BCUT2D eigenvalue weighted by molar-refractivity contribution is 7.89. The van der Waals surface area contributed by atoms with Crippen LogP contribution in [0.25, 0.3) is 0 Å². The van der Waals surface area contributed by atoms with Gasteiger partial charge >= 0.3 is 0 Å². The molecule has 7 nitrogen and oxygen atoms in total. The second-order valence-electron chi connectivity index (χ2n) is 5.53. The molecule has 0 spiro atoms. The van der Waals surface area contributed by atoms with Gasteiger partial charge in [-0.15, -0.1) is 0 Å². The molecule has 124 valence electrons. The molecule has 1 aromatic heterocycles. The predicted octanol–water partition coefficient (Wildman–Crippen LogP) is 0.927. The molecule has 1 fully saturated rings. The summed E-state index contributed by atoms with van der Waals surface area (Å²) in [4.78, 5) is 8.78. The maximum Gasteiger partial charge on any atom is 0.238 e. The number of pyridine rings is 1. The third-order valence-electron chi connectivity index (χ3n) is 4.01. The highest BCUT2D eigenvalue weighted by Crippen LogP contribution is 2.21. The topological polar surface area (TPSA) is 103 Å². The summed E-state index contributed by atoms with van der Waals surface area (Å²) in [6.45, 7) is 3.21. The van der Waals surface area contributed by atoms with Gasteiger partial charge in [0.05, 0.1) is 10.5 Å². The smallest absolute Gasteiger partial charge is 0.238 e. The maximum absolute atomic E-state index is 11.3. The van der Waals surface area contributed by atoms with E-state index in [9.17, 15) is 8.42 Å². The van der Waals surface area contributed by atoms with Crippen LogP contribution in [0.15, 0.2) is 47.5 Å². The van der Waals surface area contributed by atoms with E-state index < -0.39 is 10.0 Å². The van der Waals surface area contributed by atoms with Crippen molar-refractivity contribution >= 4 is 21.5 Å². The molecule has 0 unspecified atom stereocenters. The van der Waals surface area contributed by atoms with Crippen LogP contribution in [0.3, 0.4) is 0 Å². The number of sulfonamides is 1. The van der Waals surface area contributed by atoms with Crippen molar-refractivity contribution in [2.24, 2.45) is 5.14 Å². The first-order chi connectivity index (χ1) is 11.5. The second kappa shape index (κ2) is 6.47. The van der Waals surface area contributed by atoms with Crippen LogP contribution in [-0.2, 0) is 10.0 Å². The van der Waals surface area contributed by atoms with E-state index in [0.29, 0.717) is 5.56 Å². The Morgan fingerprint density at radius 1 is 1.00 bits per heavy atom. The van der Waals surface area contributed by atoms with E-state index in [1.807, 2.05) is 6.07 Å². The molecule has 0 atom stereocenters. The summed E-state index contributed by atoms with van der Waals surface area (Å²) in [5, 5.41) is 13.9. The van der Waals surface area contributed by atoms with Crippen LogP contribution >= 0.6 is 0 Å². The average Bonchev–Trinajstić information content (AvgIpc) is 2.61. The molecule has 2 aromatic rings. The third-order valence-corrected chi connectivity index (χ3v) is 4.94. The lowest BCUT2D eigenvalue weighted by Gasteiger charge is -2.36. The van der Waals surface area contributed by atoms with Gasteiger partial charge in [0.2, 0.25) is 10.0 Å². The highest BCUT2D eigenvalue weighted by atomic mass is 32.2. The fourth-order valence-corrected chi connectivity index (χ4v) is 3.20. The summed E-state index contributed by atoms with van der Waals surface area (Å²) >= 11 is 0. The van der Waals surface area contributed by atoms with Crippen molar-refractivity contribution in [3.63, 3.8) is 0 Å². The third kappa shape index (κ3) is 3.48. The van der Waals surface area contributed by atoms with E-state index in [0.717, 1.165) is 37.7 Å². The number of hydrogen-bond acceptors (Lipinski definition) is 6. The SMILES string of the molecule is N#Cc1ccc(N2CCN(c3ccc(S(N)(=O)=O)cc3)CC2)nc1. The summed E-state index contributed by atoms with van der Waals surface area (Å²) in [7, 11) is -3.66. The van der Waals surface area contributed by atoms with Crippen LogP contribution in [0.2, 0.25) is 0 Å². The van der Waals surface area contributed by atoms with E-state index in [4.69, 9.17) is 10.4 Å². The van der Waals surface area contributed by atoms with E-state index in [1.54, 1.807) is 24.4 Å². The Hall–Kier alpha value is -2.63. The van der Waals surface area contributed by atoms with Gasteiger partial charge in [-0.05, 0) is 36.4 Å². The van der Waals surface area contributed by atoms with Crippen molar-refractivity contribution in [2.75, 3.05) is 36.0 Å². The Balaban J connectivity index is 1.65. The Bertz CT molecular complexity index is 849. The summed E-state index contributed by atoms with van der Waals surface area (Å²) in [5.74, 6) is 0.859. The predicted molar refractivity (Wildman–Crippen MR) is 91.2 cm³/mol. The fourth-order valence-electron chi connectivity index (χ4n) is 2.68. The zero-order valence-corrected chi connectivity index (χ0v) is 13.8. The lowest BCUT2D eigenvalue weighted by atomic mass is 10.2. The minimum Gasteiger partial charge on any atom is -0.368 e. The van der Waals surface area contributed by atoms with Crippen LogP contribution in [0.5, 0.6) is 0 Å². The zero-order chi connectivity index (χ0) is 17.2. The molecule has 0 aliphatic carbocycles. The van der Waals surface area contributed by atoms with Gasteiger partial charge in [0, 0.05) is 38.1 Å². The molecule has 3 rings (SSSR count). The van der Waals surface area contributed by atoms with Crippen molar-refractivity contribution < 1.29 is 8.42 Å². The normalized spacial score (nSPS) is 15.2. The molecule has 1 aromatic carbocycles. The van der Waals surface area contributed by atoms with Crippen molar-refractivity contribution in [3.05, 3.63) is 48.2 Å². The summed E-state index contributed by atoms with van der Waals surface area (Å²) in [5.41, 5.74) is 1.52. The van der Waals surface area contributed by atoms with E-state index >= 15 is 0 Å². The largest absolute Gasteiger partial charge is 0.368 e. The summed E-state index contributed by atoms with van der Waals surface area (Å²) < 4.78 is 22.6. The van der Waals surface area contributed by atoms with Crippen molar-refractivity contribution in [2.45, 2.75) is 4.90 Å². The number of primary sulfonamides is 1. The summed E-state index contributed by atoms with van der Waals surface area (Å²) in [6.07, 6.45) is 1.58. The molecular formula is C16H17N5O2S. The minimum absolute atomic E-state index is 0.117. The molecule has 8 heteroatoms. The van der Waals surface area contributed by atoms with Gasteiger partial charge in [-0.25, -0.2) is 18.5 Å². The highest BCUT2D eigenvalue weighted by Gasteiger charge is 2.18. The molecule has 24 heavy (non-hydrogen) atoms. The number of piperazine rings is 1. The van der Waals surface area contributed by atoms with E-state index in [2.05, 4.69) is 20.9 Å². The van der Waals surface area contributed by atoms with Crippen molar-refractivity contribution in [1.82, 2.24) is 4.98 Å². The number of aromatic nitrogens is 1. The molecule has 0 radical (unpaired) electrons. The molecule has 2 N–H and O–H groups in total. The standard InChI is InChI=1S/C16H17N5O2S/c17-11-13-1-6-16(19-12-13)21-9-7-20(8-10-21)14-2-4-15(5-3-14)24(18,22)23/h1-6,12H,7-10H2,(H2,18,22,23). The number of anilines is 2. The number of nitriles is 1. The molecule has 0 bridgehead atoms. The Labute approximate surface area is 141 Å². The van der Waals surface area contributed by atoms with Gasteiger partial charge in [0.15, 0.2) is 0 Å². The van der Waals surface area contributed by atoms with Crippen LogP contribution in [0.1, 0.15) is 5.56 Å². The van der Waals surface area contributed by atoms with Crippen LogP contribution in [0.4, 0.5) is 11.5 Å². The van der Waals surface area contributed by atoms with E-state index in [-0.39, 0.29) is 4.90 Å². The van der Waals surface area contributed by atoms with Crippen molar-refractivity contribution in [3.8, 4) is 6.07 Å². The number of nitrogens with zero attached hydrogens (tertiary/aromatic N) is 4. The zero-order valence-electron chi connectivity index (χ0n) is 13.0. The number of rotatable bonds is 3. The molecule has 1 aliphatic heterocycles. The van der Waals surface area contributed by atoms with Crippen molar-refractivity contribution in [1.29, 1.82) is 5.26 Å². The summed E-state index contributed by atoms with van der Waals surface area (Å²) in [6, 6.07) is 12.3. The van der Waals surface area contributed by atoms with Gasteiger partial charge in [-0.3, -0.25) is 0 Å². The lowest BCUT2D eigenvalue weighted by Crippen LogP contribution is -2.46. The Kier molecular flexibility index (Phi) is 4.38. The molecule has 2 heterocycles. The van der Waals surface area contributed by atoms with Crippen LogP contribution < -0.4 is 14.9 Å². The quantitative estimate of drug-likeness (QED) is 0.889. The first kappa shape index (κ1) is 16.2. The average molecular weight is 343 g/mol. The van der Waals surface area contributed by atoms with Gasteiger partial charge in [-0.2, -0.15) is 5.26 Å². The molecule has 1 saturated heterocycles. The fraction of sp³-hybridized carbons (Fsp3) is 0.250. The van der Waals surface area contributed by atoms with Crippen LogP contribution in [0, 0.1) is 11.3 Å². The van der Waals surface area contributed by atoms with Gasteiger partial charge in [0.25, 0.3) is 0 Å². The molecule has 1 aliphatic rings. The molecule has 0 amide bonds. The maximum atomic E-state index is 11.3.